The zero-order valence-electron chi connectivity index (χ0n) is 12.2. The van der Waals surface area contributed by atoms with Gasteiger partial charge in [0.05, 0.1) is 20.4 Å². The van der Waals surface area contributed by atoms with Crippen LogP contribution in [0.2, 0.25) is 0 Å². The molecular weight excluding hydrogens is 308 g/mol. The number of aryl methyl sites for hydroxylation is 2. The molecule has 0 saturated heterocycles. The molecule has 2 aromatic heterocycles. The molecule has 4 aromatic rings. The minimum absolute atomic E-state index is 0.844. The molecule has 0 aliphatic heterocycles. The first-order valence-corrected chi connectivity index (χ1v) is 8.57. The summed E-state index contributed by atoms with van der Waals surface area (Å²) in [7, 11) is 0. The predicted molar refractivity (Wildman–Crippen MR) is 94.7 cm³/mol. The van der Waals surface area contributed by atoms with Gasteiger partial charge in [0.25, 0.3) is 0 Å². The highest BCUT2D eigenvalue weighted by atomic mass is 32.1. The van der Waals surface area contributed by atoms with Crippen LogP contribution in [0.15, 0.2) is 36.4 Å². The van der Waals surface area contributed by atoms with Gasteiger partial charge in [-0.1, -0.05) is 12.1 Å². The van der Waals surface area contributed by atoms with E-state index in [2.05, 4.69) is 59.9 Å². The summed E-state index contributed by atoms with van der Waals surface area (Å²) in [5.41, 5.74) is 4.52. The van der Waals surface area contributed by atoms with Crippen LogP contribution in [0.5, 0.6) is 0 Å². The molecule has 2 nitrogen and oxygen atoms in total. The van der Waals surface area contributed by atoms with E-state index >= 15 is 0 Å². The first-order valence-electron chi connectivity index (χ1n) is 6.94. The van der Waals surface area contributed by atoms with Gasteiger partial charge in [0.2, 0.25) is 0 Å². The number of thiazole rings is 2. The fourth-order valence-electron chi connectivity index (χ4n) is 2.28. The van der Waals surface area contributed by atoms with Crippen molar-refractivity contribution in [2.24, 2.45) is 0 Å². The number of aromatic nitrogens is 2. The van der Waals surface area contributed by atoms with Gasteiger partial charge >= 0.3 is 0 Å². The Kier molecular flexibility index (Phi) is 3.18. The van der Waals surface area contributed by atoms with E-state index in [1.165, 1.54) is 20.5 Å². The maximum absolute atomic E-state index is 4.56. The topological polar surface area (TPSA) is 25.8 Å². The average molecular weight is 320 g/mol. The van der Waals surface area contributed by atoms with Crippen molar-refractivity contribution in [1.82, 2.24) is 9.97 Å². The minimum atomic E-state index is 0.844. The van der Waals surface area contributed by atoms with Crippen LogP contribution in [-0.2, 0) is 0 Å². The van der Waals surface area contributed by atoms with Crippen LogP contribution in [0.3, 0.4) is 0 Å². The Morgan fingerprint density at radius 1 is 0.727 bits per heavy atom. The molecule has 0 radical (unpaired) electrons. The first-order chi connectivity index (χ1) is 10.7. The third kappa shape index (κ3) is 2.50. The molecule has 0 saturated carbocycles. The van der Waals surface area contributed by atoms with Gasteiger partial charge in [0, 0.05) is 0 Å². The molecule has 4 rings (SSSR count). The van der Waals surface area contributed by atoms with Gasteiger partial charge in [-0.05, 0) is 61.1 Å². The maximum atomic E-state index is 4.56. The lowest BCUT2D eigenvalue weighted by Gasteiger charge is -1.88. The molecule has 0 spiro atoms. The van der Waals surface area contributed by atoms with Crippen LogP contribution >= 0.6 is 22.7 Å². The summed E-state index contributed by atoms with van der Waals surface area (Å²) in [5, 5.41) is 1.69. The molecule has 0 atom stereocenters. The molecular formula is C18H12N2S2. The number of hydrogen-bond donors (Lipinski definition) is 0. The minimum Gasteiger partial charge on any atom is -0.228 e. The Labute approximate surface area is 136 Å². The van der Waals surface area contributed by atoms with Crippen molar-refractivity contribution in [1.29, 1.82) is 0 Å². The molecule has 0 amide bonds. The van der Waals surface area contributed by atoms with Crippen LogP contribution in [0.1, 0.15) is 21.1 Å². The number of nitrogens with zero attached hydrogens (tertiary/aromatic N) is 2. The van der Waals surface area contributed by atoms with Gasteiger partial charge in [0.15, 0.2) is 10.0 Å². The quantitative estimate of drug-likeness (QED) is 0.430. The zero-order valence-corrected chi connectivity index (χ0v) is 13.8. The molecule has 0 aliphatic rings. The Bertz CT molecular complexity index is 977. The third-order valence-corrected chi connectivity index (χ3v) is 5.23. The second kappa shape index (κ2) is 5.20. The summed E-state index contributed by atoms with van der Waals surface area (Å²) >= 11 is 3.26. The SMILES string of the molecule is Cc1ccc2nc(C#Cc3nc4ccc(C)cc4s3)sc2c1. The van der Waals surface area contributed by atoms with Crippen molar-refractivity contribution in [2.75, 3.05) is 0 Å². The maximum Gasteiger partial charge on any atom is 0.168 e. The summed E-state index contributed by atoms with van der Waals surface area (Å²) in [6, 6.07) is 12.6. The highest BCUT2D eigenvalue weighted by Crippen LogP contribution is 2.24. The van der Waals surface area contributed by atoms with E-state index in [4.69, 9.17) is 0 Å². The van der Waals surface area contributed by atoms with Crippen LogP contribution in [0.25, 0.3) is 20.4 Å². The fourth-order valence-corrected chi connectivity index (χ4v) is 4.11. The summed E-state index contributed by atoms with van der Waals surface area (Å²) in [5.74, 6) is 6.30. The van der Waals surface area contributed by atoms with Gasteiger partial charge < -0.3 is 0 Å². The van der Waals surface area contributed by atoms with Crippen molar-refractivity contribution in [2.45, 2.75) is 13.8 Å². The van der Waals surface area contributed by atoms with Crippen molar-refractivity contribution < 1.29 is 0 Å². The molecule has 2 heterocycles. The summed E-state index contributed by atoms with van der Waals surface area (Å²) in [6.45, 7) is 4.18. The Morgan fingerprint density at radius 3 is 1.64 bits per heavy atom. The van der Waals surface area contributed by atoms with E-state index in [9.17, 15) is 0 Å². The largest absolute Gasteiger partial charge is 0.228 e. The number of fused-ring (bicyclic) bond motifs is 2. The molecule has 0 unspecified atom stereocenters. The average Bonchev–Trinajstić information content (AvgIpc) is 3.07. The van der Waals surface area contributed by atoms with Gasteiger partial charge in [-0.25, -0.2) is 9.97 Å². The normalized spacial score (nSPS) is 10.8. The zero-order chi connectivity index (χ0) is 15.1. The Balaban J connectivity index is 1.73. The molecule has 2 aromatic carbocycles. The van der Waals surface area contributed by atoms with Gasteiger partial charge in [-0.15, -0.1) is 22.7 Å². The Hall–Kier alpha value is -2.22. The monoisotopic (exact) mass is 320 g/mol. The smallest absolute Gasteiger partial charge is 0.168 e. The second-order valence-corrected chi connectivity index (χ2v) is 7.29. The highest BCUT2D eigenvalue weighted by Gasteiger charge is 2.03. The molecule has 4 heteroatoms. The summed E-state index contributed by atoms with van der Waals surface area (Å²) < 4.78 is 2.37. The van der Waals surface area contributed by atoms with Crippen molar-refractivity contribution in [3.05, 3.63) is 57.5 Å². The van der Waals surface area contributed by atoms with E-state index in [1.54, 1.807) is 22.7 Å². The van der Waals surface area contributed by atoms with E-state index in [0.717, 1.165) is 21.0 Å². The van der Waals surface area contributed by atoms with E-state index in [-0.39, 0.29) is 0 Å². The first kappa shape index (κ1) is 13.4. The summed E-state index contributed by atoms with van der Waals surface area (Å²) in [4.78, 5) is 9.12. The summed E-state index contributed by atoms with van der Waals surface area (Å²) in [6.07, 6.45) is 0. The van der Waals surface area contributed by atoms with Crippen molar-refractivity contribution in [3.63, 3.8) is 0 Å². The number of hydrogen-bond acceptors (Lipinski definition) is 4. The van der Waals surface area contributed by atoms with Crippen LogP contribution in [0.4, 0.5) is 0 Å². The van der Waals surface area contributed by atoms with Crippen LogP contribution < -0.4 is 0 Å². The molecule has 0 fully saturated rings. The number of benzene rings is 2. The lowest BCUT2D eigenvalue weighted by Crippen LogP contribution is -1.74. The van der Waals surface area contributed by atoms with Crippen molar-refractivity contribution >= 4 is 43.1 Å². The molecule has 0 bridgehead atoms. The standard InChI is InChI=1S/C18H12N2S2/c1-11-3-5-13-15(9-11)21-17(19-13)7-8-18-20-14-6-4-12(2)10-16(14)22-18/h3-6,9-10H,1-2H3. The number of rotatable bonds is 0. The molecule has 106 valence electrons. The van der Waals surface area contributed by atoms with Crippen molar-refractivity contribution in [3.8, 4) is 11.8 Å². The fraction of sp³-hybridized carbons (Fsp3) is 0.111. The third-order valence-electron chi connectivity index (χ3n) is 3.36. The highest BCUT2D eigenvalue weighted by molar-refractivity contribution is 7.19. The molecule has 0 aliphatic carbocycles. The second-order valence-electron chi connectivity index (χ2n) is 5.23. The van der Waals surface area contributed by atoms with Gasteiger partial charge in [-0.3, -0.25) is 0 Å². The Morgan fingerprint density at radius 2 is 1.18 bits per heavy atom. The van der Waals surface area contributed by atoms with Gasteiger partial charge in [-0.2, -0.15) is 0 Å². The predicted octanol–water partition coefficient (Wildman–Crippen LogP) is 4.92. The van der Waals surface area contributed by atoms with E-state index in [0.29, 0.717) is 0 Å². The van der Waals surface area contributed by atoms with E-state index in [1.807, 2.05) is 12.1 Å². The van der Waals surface area contributed by atoms with Crippen LogP contribution in [-0.4, -0.2) is 9.97 Å². The van der Waals surface area contributed by atoms with Crippen LogP contribution in [0, 0.1) is 25.7 Å². The van der Waals surface area contributed by atoms with Gasteiger partial charge in [0.1, 0.15) is 0 Å². The molecule has 0 N–H and O–H groups in total. The lowest BCUT2D eigenvalue weighted by molar-refractivity contribution is 1.42. The molecule has 22 heavy (non-hydrogen) atoms. The van der Waals surface area contributed by atoms with E-state index < -0.39 is 0 Å². The lowest BCUT2D eigenvalue weighted by atomic mass is 10.2.